The summed E-state index contributed by atoms with van der Waals surface area (Å²) in [5, 5.41) is 3.80. The van der Waals surface area contributed by atoms with Gasteiger partial charge in [0, 0.05) is 23.7 Å². The van der Waals surface area contributed by atoms with Gasteiger partial charge < -0.3 is 10.1 Å². The number of benzene rings is 2. The van der Waals surface area contributed by atoms with Gasteiger partial charge in [0.15, 0.2) is 0 Å². The van der Waals surface area contributed by atoms with Gasteiger partial charge in [-0.3, -0.25) is 0 Å². The Morgan fingerprint density at radius 2 is 1.86 bits per heavy atom. The lowest BCUT2D eigenvalue weighted by atomic mass is 10.0. The van der Waals surface area contributed by atoms with Gasteiger partial charge in [-0.25, -0.2) is 4.39 Å². The van der Waals surface area contributed by atoms with E-state index in [1.165, 1.54) is 6.07 Å². The molecule has 0 saturated carbocycles. The molecule has 112 valence electrons. The van der Waals surface area contributed by atoms with Crippen LogP contribution in [0, 0.1) is 5.82 Å². The van der Waals surface area contributed by atoms with E-state index in [0.717, 1.165) is 5.56 Å². The second kappa shape index (κ2) is 7.12. The highest BCUT2D eigenvalue weighted by Gasteiger charge is 2.13. The van der Waals surface area contributed by atoms with Gasteiger partial charge in [0.1, 0.15) is 11.6 Å². The minimum Gasteiger partial charge on any atom is -0.492 e. The molecule has 0 spiro atoms. The summed E-state index contributed by atoms with van der Waals surface area (Å²) in [5.74, 6) is 0.171. The second-order valence-corrected chi connectivity index (χ2v) is 5.35. The van der Waals surface area contributed by atoms with Crippen molar-refractivity contribution in [3.05, 3.63) is 51.8 Å². The Morgan fingerprint density at radius 3 is 2.48 bits per heavy atom. The molecule has 0 aliphatic heterocycles. The van der Waals surface area contributed by atoms with Crippen LogP contribution in [0.4, 0.5) is 4.39 Å². The number of ether oxygens (including phenoxy) is 1. The van der Waals surface area contributed by atoms with Crippen LogP contribution in [0.1, 0.15) is 12.5 Å². The number of nitrogens with one attached hydrogen (secondary N) is 1. The quantitative estimate of drug-likeness (QED) is 0.841. The first-order valence-electron chi connectivity index (χ1n) is 6.62. The molecule has 0 bridgehead atoms. The largest absolute Gasteiger partial charge is 0.492 e. The first-order valence-corrected chi connectivity index (χ1v) is 7.37. The van der Waals surface area contributed by atoms with Gasteiger partial charge in [0.05, 0.1) is 16.7 Å². The van der Waals surface area contributed by atoms with Crippen molar-refractivity contribution < 1.29 is 9.13 Å². The molecule has 0 radical (unpaired) electrons. The van der Waals surface area contributed by atoms with Crippen molar-refractivity contribution in [3.8, 4) is 16.9 Å². The molecule has 0 aromatic heterocycles. The minimum absolute atomic E-state index is 0.329. The van der Waals surface area contributed by atoms with E-state index >= 15 is 0 Å². The molecule has 0 aliphatic carbocycles. The van der Waals surface area contributed by atoms with E-state index in [1.54, 1.807) is 18.2 Å². The van der Waals surface area contributed by atoms with E-state index in [4.69, 9.17) is 27.9 Å². The molecule has 2 aromatic rings. The number of hydrogen-bond acceptors (Lipinski definition) is 2. The Labute approximate surface area is 133 Å². The van der Waals surface area contributed by atoms with Crippen molar-refractivity contribution in [3.63, 3.8) is 0 Å². The van der Waals surface area contributed by atoms with Crippen LogP contribution in [0.5, 0.6) is 5.75 Å². The normalized spacial score (nSPS) is 10.7. The fourth-order valence-electron chi connectivity index (χ4n) is 2.09. The zero-order valence-electron chi connectivity index (χ0n) is 11.8. The van der Waals surface area contributed by atoms with Crippen molar-refractivity contribution in [1.82, 2.24) is 5.32 Å². The van der Waals surface area contributed by atoms with Crippen LogP contribution >= 0.6 is 23.2 Å². The maximum Gasteiger partial charge on any atom is 0.139 e. The first kappa shape index (κ1) is 16.1. The van der Waals surface area contributed by atoms with Crippen molar-refractivity contribution in [2.45, 2.75) is 13.5 Å². The van der Waals surface area contributed by atoms with Gasteiger partial charge in [0.25, 0.3) is 0 Å². The Bertz CT molecular complexity index is 646. The summed E-state index contributed by atoms with van der Waals surface area (Å²) < 4.78 is 19.6. The first-order chi connectivity index (χ1) is 10.1. The van der Waals surface area contributed by atoms with Gasteiger partial charge in [-0.05, 0) is 31.7 Å². The van der Waals surface area contributed by atoms with Gasteiger partial charge in [-0.2, -0.15) is 0 Å². The van der Waals surface area contributed by atoms with E-state index in [1.807, 2.05) is 20.0 Å². The number of halogens is 3. The summed E-state index contributed by atoms with van der Waals surface area (Å²) in [5.41, 5.74) is 1.84. The summed E-state index contributed by atoms with van der Waals surface area (Å²) in [6.45, 7) is 2.95. The molecule has 0 saturated heterocycles. The number of rotatable bonds is 5. The molecular formula is C16H16Cl2FNO. The van der Waals surface area contributed by atoms with Crippen LogP contribution in [-0.4, -0.2) is 13.7 Å². The Kier molecular flexibility index (Phi) is 5.45. The minimum atomic E-state index is -0.329. The molecule has 2 rings (SSSR count). The van der Waals surface area contributed by atoms with Crippen molar-refractivity contribution >= 4 is 23.2 Å². The van der Waals surface area contributed by atoms with Gasteiger partial charge in [-0.1, -0.05) is 35.3 Å². The summed E-state index contributed by atoms with van der Waals surface area (Å²) in [7, 11) is 1.81. The zero-order valence-corrected chi connectivity index (χ0v) is 13.4. The Hall–Kier alpha value is -1.29. The molecule has 0 unspecified atom stereocenters. The van der Waals surface area contributed by atoms with E-state index in [-0.39, 0.29) is 5.82 Å². The molecule has 5 heteroatoms. The third-order valence-electron chi connectivity index (χ3n) is 3.03. The third kappa shape index (κ3) is 3.67. The van der Waals surface area contributed by atoms with Gasteiger partial charge in [0.2, 0.25) is 0 Å². The molecule has 0 aliphatic rings. The van der Waals surface area contributed by atoms with Crippen LogP contribution in [0.2, 0.25) is 10.0 Å². The molecule has 0 fully saturated rings. The van der Waals surface area contributed by atoms with Crippen LogP contribution in [0.25, 0.3) is 11.1 Å². The van der Waals surface area contributed by atoms with Crippen LogP contribution in [0.3, 0.4) is 0 Å². The Balaban J connectivity index is 2.44. The maximum absolute atomic E-state index is 14.3. The second-order valence-electron chi connectivity index (χ2n) is 4.54. The maximum atomic E-state index is 14.3. The number of hydrogen-bond donors (Lipinski definition) is 1. The summed E-state index contributed by atoms with van der Waals surface area (Å²) in [4.78, 5) is 0. The van der Waals surface area contributed by atoms with E-state index in [2.05, 4.69) is 5.32 Å². The summed E-state index contributed by atoms with van der Waals surface area (Å²) >= 11 is 12.4. The lowest BCUT2D eigenvalue weighted by Gasteiger charge is -2.12. The summed E-state index contributed by atoms with van der Waals surface area (Å²) in [6.07, 6.45) is 0. The van der Waals surface area contributed by atoms with E-state index < -0.39 is 0 Å². The van der Waals surface area contributed by atoms with Crippen molar-refractivity contribution in [2.24, 2.45) is 0 Å². The molecule has 0 amide bonds. The topological polar surface area (TPSA) is 21.3 Å². The molecule has 0 atom stereocenters. The van der Waals surface area contributed by atoms with Crippen LogP contribution in [0.15, 0.2) is 30.3 Å². The highest BCUT2D eigenvalue weighted by molar-refractivity contribution is 6.36. The van der Waals surface area contributed by atoms with Gasteiger partial charge >= 0.3 is 0 Å². The van der Waals surface area contributed by atoms with Crippen LogP contribution < -0.4 is 10.1 Å². The fraction of sp³-hybridized carbons (Fsp3) is 0.250. The predicted octanol–water partition coefficient (Wildman–Crippen LogP) is 4.92. The average molecular weight is 328 g/mol. The SMILES string of the molecule is CCOc1cc(Cl)c(-c2ccc(CNC)cc2F)cc1Cl. The lowest BCUT2D eigenvalue weighted by Crippen LogP contribution is -2.05. The molecule has 2 aromatic carbocycles. The standard InChI is InChI=1S/C16H16Cl2FNO/c1-3-21-16-8-13(17)12(7-14(16)18)11-5-4-10(9-20-2)6-15(11)19/h4-8,20H,3,9H2,1-2H3. The smallest absolute Gasteiger partial charge is 0.139 e. The van der Waals surface area contributed by atoms with Crippen LogP contribution in [-0.2, 0) is 6.54 Å². The highest BCUT2D eigenvalue weighted by Crippen LogP contribution is 2.37. The molecule has 2 nitrogen and oxygen atoms in total. The Morgan fingerprint density at radius 1 is 1.10 bits per heavy atom. The fourth-order valence-corrected chi connectivity index (χ4v) is 2.57. The average Bonchev–Trinajstić information content (AvgIpc) is 2.44. The van der Waals surface area contributed by atoms with Crippen molar-refractivity contribution in [2.75, 3.05) is 13.7 Å². The monoisotopic (exact) mass is 327 g/mol. The highest BCUT2D eigenvalue weighted by atomic mass is 35.5. The zero-order chi connectivity index (χ0) is 15.4. The molecule has 0 heterocycles. The van der Waals surface area contributed by atoms with E-state index in [0.29, 0.717) is 40.1 Å². The third-order valence-corrected chi connectivity index (χ3v) is 3.63. The van der Waals surface area contributed by atoms with Crippen molar-refractivity contribution in [1.29, 1.82) is 0 Å². The molecule has 21 heavy (non-hydrogen) atoms. The van der Waals surface area contributed by atoms with Gasteiger partial charge in [-0.15, -0.1) is 0 Å². The van der Waals surface area contributed by atoms with E-state index in [9.17, 15) is 4.39 Å². The molecule has 1 N–H and O–H groups in total. The summed E-state index contributed by atoms with van der Waals surface area (Å²) in [6, 6.07) is 8.30. The predicted molar refractivity (Wildman–Crippen MR) is 85.8 cm³/mol. The molecular weight excluding hydrogens is 312 g/mol. The lowest BCUT2D eigenvalue weighted by molar-refractivity contribution is 0.340.